The third-order valence-corrected chi connectivity index (χ3v) is 4.82. The quantitative estimate of drug-likeness (QED) is 0.437. The minimum atomic E-state index is -0.580. The molecule has 6 nitrogen and oxygen atoms in total. The van der Waals surface area contributed by atoms with E-state index in [0.717, 1.165) is 12.0 Å². The molecule has 0 aromatic heterocycles. The summed E-state index contributed by atoms with van der Waals surface area (Å²) in [7, 11) is 0. The van der Waals surface area contributed by atoms with Gasteiger partial charge in [-0.3, -0.25) is 14.4 Å². The molecule has 0 unspecified atom stereocenters. The van der Waals surface area contributed by atoms with Gasteiger partial charge in [0.1, 0.15) is 6.29 Å². The van der Waals surface area contributed by atoms with Gasteiger partial charge in [0.05, 0.1) is 12.1 Å². The molecule has 0 bridgehead atoms. The molecule has 2 amide bonds. The Morgan fingerprint density at radius 2 is 1.59 bits per heavy atom. The number of thioether (sulfide) groups is 1. The summed E-state index contributed by atoms with van der Waals surface area (Å²) < 4.78 is 0. The van der Waals surface area contributed by atoms with Crippen LogP contribution >= 0.6 is 11.8 Å². The summed E-state index contributed by atoms with van der Waals surface area (Å²) in [5.41, 5.74) is 0. The smallest absolute Gasteiger partial charge is 0.224 e. The van der Waals surface area contributed by atoms with E-state index in [4.69, 9.17) is 0 Å². The highest BCUT2D eigenvalue weighted by atomic mass is 32.2. The normalized spacial score (nSPS) is 14.5. The Morgan fingerprint density at radius 3 is 2.04 bits per heavy atom. The summed E-state index contributed by atoms with van der Waals surface area (Å²) in [5, 5.41) is 5.48. The molecule has 0 aliphatic heterocycles. The number of ketones is 1. The number of hydrogen-bond donors (Lipinski definition) is 2. The molecule has 2 N–H and O–H groups in total. The molecule has 0 rings (SSSR count). The fourth-order valence-electron chi connectivity index (χ4n) is 2.94. The molecule has 7 heteroatoms. The van der Waals surface area contributed by atoms with Crippen molar-refractivity contribution < 1.29 is 19.2 Å². The number of amides is 2. The van der Waals surface area contributed by atoms with Crippen molar-refractivity contribution in [3.63, 3.8) is 0 Å². The van der Waals surface area contributed by atoms with Gasteiger partial charge in [-0.05, 0) is 43.1 Å². The maximum Gasteiger partial charge on any atom is 0.224 e. The Kier molecular flexibility index (Phi) is 13.0. The highest BCUT2D eigenvalue weighted by molar-refractivity contribution is 7.98. The number of carbonyl (C=O) groups excluding carboxylic acids is 4. The van der Waals surface area contributed by atoms with Crippen LogP contribution in [0.4, 0.5) is 0 Å². The first kappa shape index (κ1) is 25.6. The van der Waals surface area contributed by atoms with Gasteiger partial charge in [-0.15, -0.1) is 0 Å². The predicted octanol–water partition coefficient (Wildman–Crippen LogP) is 2.60. The second-order valence-electron chi connectivity index (χ2n) is 7.91. The van der Waals surface area contributed by atoms with E-state index in [2.05, 4.69) is 10.6 Å². The second-order valence-corrected chi connectivity index (χ2v) is 8.90. The maximum atomic E-state index is 12.8. The molecule has 156 valence electrons. The van der Waals surface area contributed by atoms with Crippen molar-refractivity contribution in [1.82, 2.24) is 10.6 Å². The van der Waals surface area contributed by atoms with E-state index in [1.165, 1.54) is 6.92 Å². The average Bonchev–Trinajstić information content (AvgIpc) is 2.55. The van der Waals surface area contributed by atoms with Crippen molar-refractivity contribution in [3.05, 3.63) is 0 Å². The minimum absolute atomic E-state index is 0.0653. The standard InChI is InChI=1S/C20H36N2O4S/c1-13(2)9-16(20(26)22-17(12-23)7-8-27-6)11-19(25)18(10-14(3)4)21-15(5)24/h12-14,16-18H,7-11H2,1-6H3,(H,21,24)(H,22,26)/t16-,17+,18+/m1/s1. The highest BCUT2D eigenvalue weighted by Crippen LogP contribution is 2.19. The van der Waals surface area contributed by atoms with Crippen molar-refractivity contribution in [2.75, 3.05) is 12.0 Å². The summed E-state index contributed by atoms with van der Waals surface area (Å²) in [5.74, 6) is 0.103. The van der Waals surface area contributed by atoms with Crippen LogP contribution in [0.5, 0.6) is 0 Å². The van der Waals surface area contributed by atoms with E-state index in [-0.39, 0.29) is 35.9 Å². The molecular formula is C20H36N2O4S. The third-order valence-electron chi connectivity index (χ3n) is 4.17. The van der Waals surface area contributed by atoms with Crippen molar-refractivity contribution in [1.29, 1.82) is 0 Å². The molecule has 0 fully saturated rings. The fraction of sp³-hybridized carbons (Fsp3) is 0.800. The Bertz CT molecular complexity index is 494. The summed E-state index contributed by atoms with van der Waals surface area (Å²) in [6.45, 7) is 9.35. The lowest BCUT2D eigenvalue weighted by Gasteiger charge is -2.24. The van der Waals surface area contributed by atoms with Crippen LogP contribution in [-0.4, -0.2) is 48.0 Å². The summed E-state index contributed by atoms with van der Waals surface area (Å²) in [6.07, 6.45) is 4.43. The van der Waals surface area contributed by atoms with Gasteiger partial charge in [0.2, 0.25) is 11.8 Å². The van der Waals surface area contributed by atoms with Crippen LogP contribution in [0.15, 0.2) is 0 Å². The van der Waals surface area contributed by atoms with E-state index in [1.54, 1.807) is 11.8 Å². The first-order valence-electron chi connectivity index (χ1n) is 9.65. The van der Waals surface area contributed by atoms with Crippen LogP contribution in [0.2, 0.25) is 0 Å². The number of hydrogen-bond acceptors (Lipinski definition) is 5. The van der Waals surface area contributed by atoms with E-state index in [1.807, 2.05) is 34.0 Å². The van der Waals surface area contributed by atoms with Crippen molar-refractivity contribution in [2.45, 2.75) is 72.4 Å². The molecule has 0 aliphatic rings. The molecule has 27 heavy (non-hydrogen) atoms. The van der Waals surface area contributed by atoms with E-state index < -0.39 is 18.0 Å². The maximum absolute atomic E-state index is 12.8. The Balaban J connectivity index is 5.14. The number of nitrogens with one attached hydrogen (secondary N) is 2. The van der Waals surface area contributed by atoms with Gasteiger partial charge in [-0.25, -0.2) is 0 Å². The molecule has 0 aromatic carbocycles. The van der Waals surface area contributed by atoms with Crippen LogP contribution in [0.25, 0.3) is 0 Å². The van der Waals surface area contributed by atoms with Crippen LogP contribution in [0, 0.1) is 17.8 Å². The molecule has 0 saturated carbocycles. The van der Waals surface area contributed by atoms with Gasteiger partial charge < -0.3 is 15.4 Å². The lowest BCUT2D eigenvalue weighted by molar-refractivity contribution is -0.133. The van der Waals surface area contributed by atoms with Crippen LogP contribution in [0.3, 0.4) is 0 Å². The predicted molar refractivity (Wildman–Crippen MR) is 111 cm³/mol. The lowest BCUT2D eigenvalue weighted by Crippen LogP contribution is -2.45. The van der Waals surface area contributed by atoms with Crippen molar-refractivity contribution >= 4 is 35.6 Å². The van der Waals surface area contributed by atoms with Crippen molar-refractivity contribution in [2.24, 2.45) is 17.8 Å². The van der Waals surface area contributed by atoms with Gasteiger partial charge in [0, 0.05) is 19.3 Å². The molecule has 0 saturated heterocycles. The zero-order chi connectivity index (χ0) is 21.0. The van der Waals surface area contributed by atoms with Crippen LogP contribution in [-0.2, 0) is 19.2 Å². The first-order chi connectivity index (χ1) is 12.6. The van der Waals surface area contributed by atoms with Crippen LogP contribution in [0.1, 0.15) is 60.3 Å². The van der Waals surface area contributed by atoms with Gasteiger partial charge in [-0.1, -0.05) is 27.7 Å². The highest BCUT2D eigenvalue weighted by Gasteiger charge is 2.29. The van der Waals surface area contributed by atoms with Crippen LogP contribution < -0.4 is 10.6 Å². The molecular weight excluding hydrogens is 364 g/mol. The summed E-state index contributed by atoms with van der Waals surface area (Å²) in [4.78, 5) is 48.1. The first-order valence-corrected chi connectivity index (χ1v) is 11.0. The number of Topliss-reactive ketones (excluding diaryl/α,β-unsaturated/α-hetero) is 1. The van der Waals surface area contributed by atoms with E-state index in [9.17, 15) is 19.2 Å². The lowest BCUT2D eigenvalue weighted by atomic mass is 9.88. The van der Waals surface area contributed by atoms with Gasteiger partial charge >= 0.3 is 0 Å². The Morgan fingerprint density at radius 1 is 1.00 bits per heavy atom. The number of carbonyl (C=O) groups is 4. The minimum Gasteiger partial charge on any atom is -0.347 e. The topological polar surface area (TPSA) is 92.3 Å². The Hall–Kier alpha value is -1.37. The van der Waals surface area contributed by atoms with Gasteiger partial charge in [-0.2, -0.15) is 11.8 Å². The Labute approximate surface area is 168 Å². The van der Waals surface area contributed by atoms with Gasteiger partial charge in [0.25, 0.3) is 0 Å². The van der Waals surface area contributed by atoms with E-state index >= 15 is 0 Å². The molecule has 0 spiro atoms. The number of rotatable bonds is 14. The molecule has 0 aliphatic carbocycles. The SMILES string of the molecule is CSCC[C@@H](C=O)NC(=O)[C@@H](CC(=O)[C@H](CC(C)C)NC(C)=O)CC(C)C. The molecule has 3 atom stereocenters. The third kappa shape index (κ3) is 11.8. The molecule has 0 radical (unpaired) electrons. The fourth-order valence-corrected chi connectivity index (χ4v) is 3.43. The number of aldehydes is 1. The zero-order valence-electron chi connectivity index (χ0n) is 17.5. The van der Waals surface area contributed by atoms with Crippen molar-refractivity contribution in [3.8, 4) is 0 Å². The monoisotopic (exact) mass is 400 g/mol. The summed E-state index contributed by atoms with van der Waals surface area (Å²) >= 11 is 1.61. The zero-order valence-corrected chi connectivity index (χ0v) is 18.4. The second kappa shape index (κ2) is 13.7. The summed E-state index contributed by atoms with van der Waals surface area (Å²) in [6, 6.07) is -1.11. The largest absolute Gasteiger partial charge is 0.347 e. The molecule has 0 aromatic rings. The molecule has 0 heterocycles. The average molecular weight is 401 g/mol. The van der Waals surface area contributed by atoms with Gasteiger partial charge in [0.15, 0.2) is 5.78 Å². The van der Waals surface area contributed by atoms with E-state index in [0.29, 0.717) is 19.3 Å².